The van der Waals surface area contributed by atoms with Gasteiger partial charge in [-0.3, -0.25) is 4.79 Å². The molecule has 1 atom stereocenters. The summed E-state index contributed by atoms with van der Waals surface area (Å²) in [4.78, 5) is 12.1. The lowest BCUT2D eigenvalue weighted by atomic mass is 10.1. The first-order chi connectivity index (χ1) is 12.8. The summed E-state index contributed by atoms with van der Waals surface area (Å²) >= 11 is 0. The Bertz CT molecular complexity index is 923. The van der Waals surface area contributed by atoms with Gasteiger partial charge in [0.05, 0.1) is 11.7 Å². The van der Waals surface area contributed by atoms with E-state index >= 15 is 0 Å². The molecule has 0 aliphatic heterocycles. The third-order valence-corrected chi connectivity index (χ3v) is 3.86. The molecule has 0 radical (unpaired) electrons. The number of aromatic nitrogens is 1. The van der Waals surface area contributed by atoms with Crippen LogP contribution in [0.25, 0.3) is 11.3 Å². The third-order valence-electron chi connectivity index (χ3n) is 3.86. The van der Waals surface area contributed by atoms with Crippen LogP contribution in [-0.2, 0) is 6.18 Å². The van der Waals surface area contributed by atoms with Crippen LogP contribution in [0.2, 0.25) is 0 Å². The molecule has 140 valence electrons. The maximum absolute atomic E-state index is 12.7. The van der Waals surface area contributed by atoms with Gasteiger partial charge in [-0.05, 0) is 17.7 Å². The van der Waals surface area contributed by atoms with Crippen LogP contribution >= 0.6 is 0 Å². The molecule has 8 heteroatoms. The van der Waals surface area contributed by atoms with E-state index in [0.717, 1.165) is 17.7 Å². The third kappa shape index (κ3) is 4.53. The van der Waals surface area contributed by atoms with E-state index in [0.29, 0.717) is 5.69 Å². The first-order valence-electron chi connectivity index (χ1n) is 8.00. The first-order valence-corrected chi connectivity index (χ1v) is 8.00. The van der Waals surface area contributed by atoms with Crippen LogP contribution in [0.4, 0.5) is 13.2 Å². The van der Waals surface area contributed by atoms with Crippen molar-refractivity contribution in [1.29, 1.82) is 0 Å². The van der Waals surface area contributed by atoms with Crippen molar-refractivity contribution < 1.29 is 27.6 Å². The molecular weight excluding hydrogens is 361 g/mol. The number of halogens is 3. The molecule has 1 amide bonds. The van der Waals surface area contributed by atoms with Gasteiger partial charge in [-0.1, -0.05) is 47.6 Å². The van der Waals surface area contributed by atoms with E-state index in [1.54, 1.807) is 12.1 Å². The summed E-state index contributed by atoms with van der Waals surface area (Å²) in [6.45, 7) is -0.276. The molecule has 0 spiro atoms. The zero-order chi connectivity index (χ0) is 19.4. The summed E-state index contributed by atoms with van der Waals surface area (Å²) in [5, 5.41) is 16.3. The number of carbonyl (C=O) groups excluding carboxylic acids is 1. The lowest BCUT2D eigenvalue weighted by molar-refractivity contribution is -0.137. The van der Waals surface area contributed by atoms with E-state index in [1.165, 1.54) is 18.2 Å². The minimum atomic E-state index is -4.51. The topological polar surface area (TPSA) is 75.4 Å². The van der Waals surface area contributed by atoms with Crippen molar-refractivity contribution in [3.63, 3.8) is 0 Å². The molecule has 2 aromatic carbocycles. The van der Waals surface area contributed by atoms with Crippen molar-refractivity contribution in [1.82, 2.24) is 10.5 Å². The molecule has 3 aromatic rings. The number of carbonyl (C=O) groups is 1. The van der Waals surface area contributed by atoms with Crippen LogP contribution in [0.1, 0.15) is 27.8 Å². The zero-order valence-electron chi connectivity index (χ0n) is 13.9. The Hall–Kier alpha value is -3.13. The molecule has 1 aromatic heterocycles. The van der Waals surface area contributed by atoms with Crippen LogP contribution in [0.3, 0.4) is 0 Å². The molecule has 0 aliphatic carbocycles. The molecule has 27 heavy (non-hydrogen) atoms. The van der Waals surface area contributed by atoms with Gasteiger partial charge in [-0.15, -0.1) is 0 Å². The standard InChI is InChI=1S/C19H15F3N2O3/c20-19(21,22)14-8-4-7-13(9-14)16(25)11-23-18(26)17-10-15(24-27-17)12-5-2-1-3-6-12/h1-10,16,25H,11H2,(H,23,26). The SMILES string of the molecule is O=C(NCC(O)c1cccc(C(F)(F)F)c1)c1cc(-c2ccccc2)no1. The summed E-state index contributed by atoms with van der Waals surface area (Å²) in [5.41, 5.74) is 0.421. The Morgan fingerprint density at radius 1 is 1.11 bits per heavy atom. The monoisotopic (exact) mass is 376 g/mol. The van der Waals surface area contributed by atoms with Crippen molar-refractivity contribution in [2.24, 2.45) is 0 Å². The summed E-state index contributed by atoms with van der Waals surface area (Å²) < 4.78 is 43.2. The van der Waals surface area contributed by atoms with Gasteiger partial charge in [0.15, 0.2) is 0 Å². The molecule has 5 nitrogen and oxygen atoms in total. The van der Waals surface area contributed by atoms with E-state index < -0.39 is 23.8 Å². The smallest absolute Gasteiger partial charge is 0.387 e. The average molecular weight is 376 g/mol. The molecule has 0 aliphatic rings. The quantitative estimate of drug-likeness (QED) is 0.710. The molecule has 0 fully saturated rings. The van der Waals surface area contributed by atoms with Gasteiger partial charge < -0.3 is 14.9 Å². The number of rotatable bonds is 5. The highest BCUT2D eigenvalue weighted by Crippen LogP contribution is 2.30. The minimum Gasteiger partial charge on any atom is -0.387 e. The van der Waals surface area contributed by atoms with Gasteiger partial charge in [-0.2, -0.15) is 13.2 Å². The highest BCUT2D eigenvalue weighted by molar-refractivity contribution is 5.92. The van der Waals surface area contributed by atoms with Gasteiger partial charge in [-0.25, -0.2) is 0 Å². The summed E-state index contributed by atoms with van der Waals surface area (Å²) in [6.07, 6.45) is -5.81. The summed E-state index contributed by atoms with van der Waals surface area (Å²) in [7, 11) is 0. The van der Waals surface area contributed by atoms with Crippen molar-refractivity contribution in [3.05, 3.63) is 77.6 Å². The summed E-state index contributed by atoms with van der Waals surface area (Å²) in [6, 6.07) is 14.8. The highest BCUT2D eigenvalue weighted by Gasteiger charge is 2.30. The van der Waals surface area contributed by atoms with Crippen LogP contribution < -0.4 is 5.32 Å². The number of benzene rings is 2. The average Bonchev–Trinajstić information content (AvgIpc) is 3.16. The number of nitrogens with one attached hydrogen (secondary N) is 1. The number of nitrogens with zero attached hydrogens (tertiary/aromatic N) is 1. The fourth-order valence-electron chi connectivity index (χ4n) is 2.44. The second-order valence-corrected chi connectivity index (χ2v) is 5.79. The normalized spacial score (nSPS) is 12.6. The molecule has 2 N–H and O–H groups in total. The van der Waals surface area contributed by atoms with E-state index in [9.17, 15) is 23.1 Å². The number of aliphatic hydroxyl groups excluding tert-OH is 1. The van der Waals surface area contributed by atoms with Gasteiger partial charge in [0.1, 0.15) is 5.69 Å². The second-order valence-electron chi connectivity index (χ2n) is 5.79. The minimum absolute atomic E-state index is 0.0488. The fraction of sp³-hybridized carbons (Fsp3) is 0.158. The van der Waals surface area contributed by atoms with Crippen molar-refractivity contribution in [2.75, 3.05) is 6.54 Å². The second kappa shape index (κ2) is 7.63. The summed E-state index contributed by atoms with van der Waals surface area (Å²) in [5.74, 6) is -0.694. The Labute approximate surface area is 152 Å². The van der Waals surface area contributed by atoms with Crippen molar-refractivity contribution in [3.8, 4) is 11.3 Å². The van der Waals surface area contributed by atoms with E-state index in [1.807, 2.05) is 18.2 Å². The van der Waals surface area contributed by atoms with Crippen LogP contribution in [-0.4, -0.2) is 22.7 Å². The Balaban J connectivity index is 1.63. The molecule has 1 unspecified atom stereocenters. The Morgan fingerprint density at radius 3 is 2.56 bits per heavy atom. The van der Waals surface area contributed by atoms with Gasteiger partial charge in [0.2, 0.25) is 5.76 Å². The molecule has 0 saturated heterocycles. The van der Waals surface area contributed by atoms with Gasteiger partial charge in [0.25, 0.3) is 5.91 Å². The number of hydrogen-bond donors (Lipinski definition) is 2. The lowest BCUT2D eigenvalue weighted by Crippen LogP contribution is -2.28. The van der Waals surface area contributed by atoms with Crippen molar-refractivity contribution >= 4 is 5.91 Å². The van der Waals surface area contributed by atoms with Crippen LogP contribution in [0.15, 0.2) is 65.2 Å². The number of aliphatic hydroxyl groups is 1. The van der Waals surface area contributed by atoms with E-state index in [2.05, 4.69) is 10.5 Å². The maximum Gasteiger partial charge on any atom is 0.416 e. The molecule has 0 saturated carbocycles. The molecule has 3 rings (SSSR count). The molecule has 0 bridgehead atoms. The van der Waals surface area contributed by atoms with Crippen LogP contribution in [0, 0.1) is 0 Å². The molecular formula is C19H15F3N2O3. The fourth-order valence-corrected chi connectivity index (χ4v) is 2.44. The maximum atomic E-state index is 12.7. The van der Waals surface area contributed by atoms with Crippen LogP contribution in [0.5, 0.6) is 0 Å². The predicted octanol–water partition coefficient (Wildman–Crippen LogP) is 3.82. The van der Waals surface area contributed by atoms with Crippen molar-refractivity contribution in [2.45, 2.75) is 12.3 Å². The first kappa shape index (κ1) is 18.7. The Kier molecular flexibility index (Phi) is 5.27. The van der Waals surface area contributed by atoms with E-state index in [-0.39, 0.29) is 17.9 Å². The van der Waals surface area contributed by atoms with Gasteiger partial charge >= 0.3 is 6.18 Å². The Morgan fingerprint density at radius 2 is 1.85 bits per heavy atom. The number of alkyl halides is 3. The largest absolute Gasteiger partial charge is 0.416 e. The van der Waals surface area contributed by atoms with E-state index in [4.69, 9.17) is 4.52 Å². The highest BCUT2D eigenvalue weighted by atomic mass is 19.4. The number of hydrogen-bond acceptors (Lipinski definition) is 4. The number of amides is 1. The van der Waals surface area contributed by atoms with Gasteiger partial charge in [0, 0.05) is 18.2 Å². The predicted molar refractivity (Wildman–Crippen MR) is 90.7 cm³/mol. The molecule has 1 heterocycles. The lowest BCUT2D eigenvalue weighted by Gasteiger charge is -2.14. The zero-order valence-corrected chi connectivity index (χ0v) is 13.9.